The molecule has 2 atom stereocenters. The lowest BCUT2D eigenvalue weighted by atomic mass is 9.90. The SMILES string of the molecule is C[C@H]1CCC[C@H](C)N1C(=O)c1cn[nH]c1C1CCN(C(=O)Cc2ccc(F)cc2)CC1. The summed E-state index contributed by atoms with van der Waals surface area (Å²) in [5.41, 5.74) is 2.40. The minimum atomic E-state index is -0.296. The van der Waals surface area contributed by atoms with E-state index in [-0.39, 0.29) is 42.1 Å². The van der Waals surface area contributed by atoms with Crippen LogP contribution in [0.1, 0.15) is 73.5 Å². The number of H-pyrrole nitrogens is 1. The minimum absolute atomic E-state index is 0.0573. The molecule has 3 heterocycles. The molecular weight excluding hydrogens is 395 g/mol. The number of hydrogen-bond donors (Lipinski definition) is 1. The molecule has 1 N–H and O–H groups in total. The molecule has 0 radical (unpaired) electrons. The van der Waals surface area contributed by atoms with E-state index < -0.39 is 0 Å². The number of piperidine rings is 2. The largest absolute Gasteiger partial charge is 0.342 e. The van der Waals surface area contributed by atoms with Crippen molar-refractivity contribution in [2.24, 2.45) is 0 Å². The van der Waals surface area contributed by atoms with Crippen LogP contribution in [0.4, 0.5) is 4.39 Å². The van der Waals surface area contributed by atoms with E-state index in [1.165, 1.54) is 12.1 Å². The van der Waals surface area contributed by atoms with Gasteiger partial charge in [0.05, 0.1) is 23.9 Å². The van der Waals surface area contributed by atoms with E-state index in [2.05, 4.69) is 24.0 Å². The predicted octanol–water partition coefficient (Wildman–Crippen LogP) is 3.90. The molecule has 0 spiro atoms. The summed E-state index contributed by atoms with van der Waals surface area (Å²) in [6, 6.07) is 6.57. The molecule has 7 heteroatoms. The summed E-state index contributed by atoms with van der Waals surface area (Å²) in [6.07, 6.45) is 6.77. The number of aromatic nitrogens is 2. The first-order valence-electron chi connectivity index (χ1n) is 11.3. The smallest absolute Gasteiger partial charge is 0.257 e. The molecule has 2 aliphatic heterocycles. The number of nitrogens with zero attached hydrogens (tertiary/aromatic N) is 3. The molecule has 2 saturated heterocycles. The summed E-state index contributed by atoms with van der Waals surface area (Å²) >= 11 is 0. The molecule has 0 aliphatic carbocycles. The number of carbonyl (C=O) groups excluding carboxylic acids is 2. The molecule has 1 aromatic heterocycles. The molecule has 2 aromatic rings. The summed E-state index contributed by atoms with van der Waals surface area (Å²) in [5.74, 6) is 0.0159. The van der Waals surface area contributed by atoms with Gasteiger partial charge in [-0.25, -0.2) is 4.39 Å². The van der Waals surface area contributed by atoms with Crippen LogP contribution in [-0.4, -0.2) is 57.0 Å². The van der Waals surface area contributed by atoms with Crippen molar-refractivity contribution in [3.8, 4) is 0 Å². The topological polar surface area (TPSA) is 69.3 Å². The Morgan fingerprint density at radius 1 is 1.06 bits per heavy atom. The molecule has 31 heavy (non-hydrogen) atoms. The number of aromatic amines is 1. The summed E-state index contributed by atoms with van der Waals surface area (Å²) in [5, 5.41) is 7.27. The van der Waals surface area contributed by atoms with E-state index in [9.17, 15) is 14.0 Å². The monoisotopic (exact) mass is 426 g/mol. The summed E-state index contributed by atoms with van der Waals surface area (Å²) in [4.78, 5) is 29.9. The average Bonchev–Trinajstić information content (AvgIpc) is 3.25. The first-order valence-corrected chi connectivity index (χ1v) is 11.3. The quantitative estimate of drug-likeness (QED) is 0.806. The number of halogens is 1. The van der Waals surface area contributed by atoms with Crippen LogP contribution in [0.3, 0.4) is 0 Å². The van der Waals surface area contributed by atoms with Crippen molar-refractivity contribution in [2.75, 3.05) is 13.1 Å². The van der Waals surface area contributed by atoms with E-state index in [0.29, 0.717) is 18.7 Å². The van der Waals surface area contributed by atoms with Crippen LogP contribution < -0.4 is 0 Å². The zero-order valence-corrected chi connectivity index (χ0v) is 18.3. The van der Waals surface area contributed by atoms with Crippen LogP contribution in [0, 0.1) is 5.82 Å². The third-order valence-electron chi connectivity index (χ3n) is 6.85. The van der Waals surface area contributed by atoms with E-state index in [1.54, 1.807) is 18.3 Å². The van der Waals surface area contributed by atoms with Crippen molar-refractivity contribution < 1.29 is 14.0 Å². The second-order valence-corrected chi connectivity index (χ2v) is 9.00. The number of benzene rings is 1. The predicted molar refractivity (Wildman–Crippen MR) is 116 cm³/mol. The molecule has 0 saturated carbocycles. The van der Waals surface area contributed by atoms with Crippen molar-refractivity contribution in [2.45, 2.75) is 70.4 Å². The van der Waals surface area contributed by atoms with Gasteiger partial charge in [-0.2, -0.15) is 5.10 Å². The lowest BCUT2D eigenvalue weighted by molar-refractivity contribution is -0.131. The molecule has 0 bridgehead atoms. The first-order chi connectivity index (χ1) is 14.9. The zero-order valence-electron chi connectivity index (χ0n) is 18.3. The number of hydrogen-bond acceptors (Lipinski definition) is 3. The van der Waals surface area contributed by atoms with Crippen molar-refractivity contribution in [3.05, 3.63) is 53.1 Å². The Bertz CT molecular complexity index is 908. The van der Waals surface area contributed by atoms with Gasteiger partial charge in [-0.3, -0.25) is 14.7 Å². The number of nitrogens with one attached hydrogen (secondary N) is 1. The van der Waals surface area contributed by atoms with Gasteiger partial charge in [0.1, 0.15) is 5.82 Å². The number of likely N-dealkylation sites (tertiary alicyclic amines) is 2. The maximum Gasteiger partial charge on any atom is 0.257 e. The third-order valence-corrected chi connectivity index (χ3v) is 6.85. The lowest BCUT2D eigenvalue weighted by Crippen LogP contribution is -2.47. The summed E-state index contributed by atoms with van der Waals surface area (Å²) in [6.45, 7) is 5.54. The van der Waals surface area contributed by atoms with Gasteiger partial charge in [0.25, 0.3) is 5.91 Å². The van der Waals surface area contributed by atoms with E-state index in [1.807, 2.05) is 9.80 Å². The first kappa shape index (κ1) is 21.5. The van der Waals surface area contributed by atoms with Crippen LogP contribution in [0.25, 0.3) is 0 Å². The Hall–Kier alpha value is -2.70. The lowest BCUT2D eigenvalue weighted by Gasteiger charge is -2.39. The normalized spacial score (nSPS) is 22.5. The van der Waals surface area contributed by atoms with E-state index in [4.69, 9.17) is 0 Å². The second-order valence-electron chi connectivity index (χ2n) is 9.00. The van der Waals surface area contributed by atoms with Gasteiger partial charge < -0.3 is 9.80 Å². The van der Waals surface area contributed by atoms with Crippen molar-refractivity contribution in [3.63, 3.8) is 0 Å². The third kappa shape index (κ3) is 4.65. The van der Waals surface area contributed by atoms with Crippen LogP contribution in [0.2, 0.25) is 0 Å². The highest BCUT2D eigenvalue weighted by atomic mass is 19.1. The van der Waals surface area contributed by atoms with Crippen LogP contribution >= 0.6 is 0 Å². The van der Waals surface area contributed by atoms with E-state index in [0.717, 1.165) is 43.4 Å². The van der Waals surface area contributed by atoms with Crippen LogP contribution in [-0.2, 0) is 11.2 Å². The molecule has 2 aliphatic rings. The van der Waals surface area contributed by atoms with Crippen molar-refractivity contribution in [1.82, 2.24) is 20.0 Å². The Labute approximate surface area is 182 Å². The van der Waals surface area contributed by atoms with E-state index >= 15 is 0 Å². The second kappa shape index (κ2) is 9.20. The van der Waals surface area contributed by atoms with Gasteiger partial charge in [0, 0.05) is 31.1 Å². The fourth-order valence-electron chi connectivity index (χ4n) is 5.04. The number of carbonyl (C=O) groups is 2. The molecule has 1 aromatic carbocycles. The highest BCUT2D eigenvalue weighted by molar-refractivity contribution is 5.95. The maximum absolute atomic E-state index is 13.3. The van der Waals surface area contributed by atoms with Crippen molar-refractivity contribution >= 4 is 11.8 Å². The average molecular weight is 427 g/mol. The molecule has 4 rings (SSSR count). The summed E-state index contributed by atoms with van der Waals surface area (Å²) in [7, 11) is 0. The molecular formula is C24H31FN4O2. The molecule has 2 amide bonds. The van der Waals surface area contributed by atoms with Gasteiger partial charge in [0.2, 0.25) is 5.91 Å². The Kier molecular flexibility index (Phi) is 6.39. The number of rotatable bonds is 4. The highest BCUT2D eigenvalue weighted by Gasteiger charge is 2.34. The van der Waals surface area contributed by atoms with Gasteiger partial charge in [-0.15, -0.1) is 0 Å². The maximum atomic E-state index is 13.3. The molecule has 6 nitrogen and oxygen atoms in total. The van der Waals surface area contributed by atoms with Gasteiger partial charge >= 0.3 is 0 Å². The molecule has 2 fully saturated rings. The number of amides is 2. The highest BCUT2D eigenvalue weighted by Crippen LogP contribution is 2.32. The Balaban J connectivity index is 1.38. The standard InChI is InChI=1S/C24H31FN4O2/c1-16-4-3-5-17(2)29(16)24(31)21-15-26-27-23(21)19-10-12-28(13-11-19)22(30)14-18-6-8-20(25)9-7-18/h6-9,15-17,19H,3-5,10-14H2,1-2H3,(H,26,27)/t16-,17-/m0/s1. The van der Waals surface area contributed by atoms with Gasteiger partial charge in [-0.1, -0.05) is 12.1 Å². The van der Waals surface area contributed by atoms with Crippen LogP contribution in [0.15, 0.2) is 30.5 Å². The Morgan fingerprint density at radius 3 is 2.35 bits per heavy atom. The Morgan fingerprint density at radius 2 is 1.71 bits per heavy atom. The molecule has 166 valence electrons. The van der Waals surface area contributed by atoms with Gasteiger partial charge in [-0.05, 0) is 63.6 Å². The zero-order chi connectivity index (χ0) is 22.0. The van der Waals surface area contributed by atoms with Gasteiger partial charge in [0.15, 0.2) is 0 Å². The molecule has 0 unspecified atom stereocenters. The minimum Gasteiger partial charge on any atom is -0.342 e. The summed E-state index contributed by atoms with van der Waals surface area (Å²) < 4.78 is 13.1. The fourth-order valence-corrected chi connectivity index (χ4v) is 5.04. The fraction of sp³-hybridized carbons (Fsp3) is 0.542. The van der Waals surface area contributed by atoms with Crippen molar-refractivity contribution in [1.29, 1.82) is 0 Å². The van der Waals surface area contributed by atoms with Crippen LogP contribution in [0.5, 0.6) is 0 Å².